The first-order valence-corrected chi connectivity index (χ1v) is 6.69. The Hall–Kier alpha value is -2.01. The van der Waals surface area contributed by atoms with Gasteiger partial charge in [-0.25, -0.2) is 4.79 Å². The monoisotopic (exact) mass is 294 g/mol. The Bertz CT molecular complexity index is 520. The summed E-state index contributed by atoms with van der Waals surface area (Å²) in [5.41, 5.74) is 2.44. The molecule has 1 aromatic rings. The lowest BCUT2D eigenvalue weighted by Gasteiger charge is -2.15. The van der Waals surface area contributed by atoms with E-state index in [1.165, 1.54) is 6.08 Å². The van der Waals surface area contributed by atoms with E-state index in [-0.39, 0.29) is 12.8 Å². The maximum Gasteiger partial charge on any atom is 0.331 e. The molecular weight excluding hydrogens is 272 g/mol. The summed E-state index contributed by atoms with van der Waals surface area (Å²) in [5.74, 6) is 0.979. The van der Waals surface area contributed by atoms with E-state index in [9.17, 15) is 4.79 Å². The number of hydrogen-bond acceptors (Lipinski definition) is 5. The molecule has 0 saturated heterocycles. The van der Waals surface area contributed by atoms with Gasteiger partial charge in [0.2, 0.25) is 0 Å². The van der Waals surface area contributed by atoms with Gasteiger partial charge in [0.1, 0.15) is 11.5 Å². The van der Waals surface area contributed by atoms with Crippen LogP contribution in [0.5, 0.6) is 11.5 Å². The fourth-order valence-electron chi connectivity index (χ4n) is 1.87. The quantitative estimate of drug-likeness (QED) is 0.439. The summed E-state index contributed by atoms with van der Waals surface area (Å²) in [6, 6.07) is 3.70. The maximum atomic E-state index is 11.6. The minimum absolute atomic E-state index is 0.130. The number of carbonyl (C=O) groups is 1. The van der Waals surface area contributed by atoms with Crippen LogP contribution in [-0.2, 0) is 14.3 Å². The fraction of sp³-hybridized carbons (Fsp3) is 0.438. The Morgan fingerprint density at radius 1 is 1.24 bits per heavy atom. The lowest BCUT2D eigenvalue weighted by molar-refractivity contribution is -0.137. The van der Waals surface area contributed by atoms with Gasteiger partial charge in [-0.3, -0.25) is 0 Å². The van der Waals surface area contributed by atoms with Gasteiger partial charge >= 0.3 is 5.97 Å². The molecular formula is C16H22O5. The second-order valence-corrected chi connectivity index (χ2v) is 4.45. The van der Waals surface area contributed by atoms with Crippen molar-refractivity contribution in [2.24, 2.45) is 0 Å². The van der Waals surface area contributed by atoms with E-state index < -0.39 is 0 Å². The maximum absolute atomic E-state index is 11.6. The fourth-order valence-corrected chi connectivity index (χ4v) is 1.87. The zero-order valence-corrected chi connectivity index (χ0v) is 13.2. The van der Waals surface area contributed by atoms with E-state index in [0.717, 1.165) is 22.4 Å². The van der Waals surface area contributed by atoms with Crippen LogP contribution < -0.4 is 9.47 Å². The van der Waals surface area contributed by atoms with Crippen LogP contribution in [-0.4, -0.2) is 33.6 Å². The van der Waals surface area contributed by atoms with Crippen molar-refractivity contribution in [2.45, 2.75) is 20.8 Å². The summed E-state index contributed by atoms with van der Waals surface area (Å²) < 4.78 is 20.7. The number of carbonyl (C=O) groups excluding carboxylic acids is 1. The molecule has 0 aromatic heterocycles. The van der Waals surface area contributed by atoms with Crippen LogP contribution in [0.15, 0.2) is 18.2 Å². The van der Waals surface area contributed by atoms with Crippen molar-refractivity contribution in [1.29, 1.82) is 0 Å². The molecule has 5 heteroatoms. The molecule has 0 heterocycles. The SMILES string of the molecule is CCOC(=O)/C=C(\C)c1cc(OC)c(C)cc1OCOC. The van der Waals surface area contributed by atoms with Gasteiger partial charge in [0.15, 0.2) is 6.79 Å². The first-order chi connectivity index (χ1) is 10.0. The zero-order chi connectivity index (χ0) is 15.8. The molecule has 0 unspecified atom stereocenters. The summed E-state index contributed by atoms with van der Waals surface area (Å²) in [5, 5.41) is 0. The van der Waals surface area contributed by atoms with Crippen molar-refractivity contribution in [3.05, 3.63) is 29.3 Å². The second kappa shape index (κ2) is 8.32. The average molecular weight is 294 g/mol. The zero-order valence-electron chi connectivity index (χ0n) is 13.2. The van der Waals surface area contributed by atoms with Crippen LogP contribution in [0.1, 0.15) is 25.0 Å². The topological polar surface area (TPSA) is 54.0 Å². The number of ether oxygens (including phenoxy) is 4. The third kappa shape index (κ3) is 4.79. The van der Waals surface area contributed by atoms with Gasteiger partial charge in [-0.2, -0.15) is 0 Å². The third-order valence-corrected chi connectivity index (χ3v) is 2.88. The van der Waals surface area contributed by atoms with E-state index in [1.807, 2.05) is 26.0 Å². The number of benzene rings is 1. The molecule has 0 saturated carbocycles. The Morgan fingerprint density at radius 3 is 2.52 bits per heavy atom. The van der Waals surface area contributed by atoms with Crippen molar-refractivity contribution >= 4 is 11.5 Å². The lowest BCUT2D eigenvalue weighted by Crippen LogP contribution is -2.04. The largest absolute Gasteiger partial charge is 0.496 e. The van der Waals surface area contributed by atoms with Crippen LogP contribution in [0.3, 0.4) is 0 Å². The number of aryl methyl sites for hydroxylation is 1. The standard InChI is InChI=1S/C16H22O5/c1-6-20-16(17)8-11(2)13-9-14(19-5)12(3)7-15(13)21-10-18-4/h7-9H,6,10H2,1-5H3/b11-8+. The molecule has 0 aliphatic carbocycles. The lowest BCUT2D eigenvalue weighted by atomic mass is 10.0. The Labute approximate surface area is 125 Å². The van der Waals surface area contributed by atoms with Crippen molar-refractivity contribution in [1.82, 2.24) is 0 Å². The Morgan fingerprint density at radius 2 is 1.95 bits per heavy atom. The molecule has 21 heavy (non-hydrogen) atoms. The normalized spacial score (nSPS) is 11.2. The van der Waals surface area contributed by atoms with Crippen molar-refractivity contribution in [3.63, 3.8) is 0 Å². The van der Waals surface area contributed by atoms with Crippen molar-refractivity contribution < 1.29 is 23.7 Å². The molecule has 0 aliphatic rings. The number of hydrogen-bond donors (Lipinski definition) is 0. The van der Waals surface area contributed by atoms with Crippen LogP contribution in [0.2, 0.25) is 0 Å². The summed E-state index contributed by atoms with van der Waals surface area (Å²) in [6.45, 7) is 5.98. The molecule has 1 aromatic carbocycles. The van der Waals surface area contributed by atoms with Crippen molar-refractivity contribution in [3.8, 4) is 11.5 Å². The van der Waals surface area contributed by atoms with E-state index in [1.54, 1.807) is 21.1 Å². The molecule has 1 rings (SSSR count). The van der Waals surface area contributed by atoms with Crippen LogP contribution in [0.4, 0.5) is 0 Å². The van der Waals surface area contributed by atoms with Gasteiger partial charge in [0.25, 0.3) is 0 Å². The van der Waals surface area contributed by atoms with Gasteiger partial charge in [0, 0.05) is 18.7 Å². The van der Waals surface area contributed by atoms with Crippen LogP contribution in [0.25, 0.3) is 5.57 Å². The summed E-state index contributed by atoms with van der Waals surface area (Å²) in [7, 11) is 3.16. The van der Waals surface area contributed by atoms with E-state index in [0.29, 0.717) is 12.4 Å². The predicted octanol–water partition coefficient (Wildman–Crippen LogP) is 2.95. The highest BCUT2D eigenvalue weighted by molar-refractivity contribution is 5.92. The molecule has 5 nitrogen and oxygen atoms in total. The molecule has 116 valence electrons. The van der Waals surface area contributed by atoms with E-state index >= 15 is 0 Å². The molecule has 0 bridgehead atoms. The average Bonchev–Trinajstić information content (AvgIpc) is 2.45. The molecule has 0 spiro atoms. The minimum atomic E-state index is -0.382. The Kier molecular flexibility index (Phi) is 6.75. The van der Waals surface area contributed by atoms with Gasteiger partial charge in [-0.1, -0.05) is 0 Å². The summed E-state index contributed by atoms with van der Waals surface area (Å²) in [4.78, 5) is 11.6. The predicted molar refractivity (Wildman–Crippen MR) is 80.5 cm³/mol. The van der Waals surface area contributed by atoms with Gasteiger partial charge < -0.3 is 18.9 Å². The third-order valence-electron chi connectivity index (χ3n) is 2.88. The first-order valence-electron chi connectivity index (χ1n) is 6.69. The minimum Gasteiger partial charge on any atom is -0.496 e. The highest BCUT2D eigenvalue weighted by Gasteiger charge is 2.12. The van der Waals surface area contributed by atoms with Gasteiger partial charge in [0.05, 0.1) is 13.7 Å². The number of rotatable bonds is 7. The second-order valence-electron chi connectivity index (χ2n) is 4.45. The molecule has 0 N–H and O–H groups in total. The molecule has 0 atom stereocenters. The highest BCUT2D eigenvalue weighted by Crippen LogP contribution is 2.33. The smallest absolute Gasteiger partial charge is 0.331 e. The van der Waals surface area contributed by atoms with Crippen molar-refractivity contribution in [2.75, 3.05) is 27.6 Å². The van der Waals surface area contributed by atoms with Gasteiger partial charge in [-0.05, 0) is 44.0 Å². The molecule has 0 aliphatic heterocycles. The summed E-state index contributed by atoms with van der Waals surface area (Å²) in [6.07, 6.45) is 1.44. The first kappa shape index (κ1) is 17.0. The van der Waals surface area contributed by atoms with E-state index in [2.05, 4.69) is 0 Å². The Balaban J connectivity index is 3.20. The van der Waals surface area contributed by atoms with Crippen LogP contribution >= 0.6 is 0 Å². The van der Waals surface area contributed by atoms with E-state index in [4.69, 9.17) is 18.9 Å². The number of allylic oxidation sites excluding steroid dienone is 1. The summed E-state index contributed by atoms with van der Waals surface area (Å²) >= 11 is 0. The number of esters is 1. The molecule has 0 fully saturated rings. The van der Waals surface area contributed by atoms with Crippen LogP contribution in [0, 0.1) is 6.92 Å². The number of methoxy groups -OCH3 is 2. The molecule has 0 radical (unpaired) electrons. The van der Waals surface area contributed by atoms with Gasteiger partial charge in [-0.15, -0.1) is 0 Å². The molecule has 0 amide bonds. The highest BCUT2D eigenvalue weighted by atomic mass is 16.7.